The van der Waals surface area contributed by atoms with Gasteiger partial charge in [0, 0.05) is 32.2 Å². The Hall–Kier alpha value is -2.08. The van der Waals surface area contributed by atoms with Gasteiger partial charge in [-0.15, -0.1) is 0 Å². The third kappa shape index (κ3) is 5.25. The van der Waals surface area contributed by atoms with Crippen LogP contribution < -0.4 is 10.6 Å². The summed E-state index contributed by atoms with van der Waals surface area (Å²) in [5, 5.41) is 5.64. The number of carbonyl (C=O) groups is 2. The van der Waals surface area contributed by atoms with Gasteiger partial charge in [0.25, 0.3) is 0 Å². The number of carbonyl (C=O) groups excluding carboxylic acids is 2. The third-order valence-corrected chi connectivity index (χ3v) is 5.71. The number of fused-ring (bicyclic) bond motifs is 1. The minimum Gasteiger partial charge on any atom is -0.377 e. The maximum Gasteiger partial charge on any atom is 0.315 e. The van der Waals surface area contributed by atoms with Gasteiger partial charge in [0.15, 0.2) is 0 Å². The molecule has 2 N–H and O–H groups in total. The van der Waals surface area contributed by atoms with Gasteiger partial charge in [-0.25, -0.2) is 4.79 Å². The first-order chi connectivity index (χ1) is 13.3. The molecule has 0 radical (unpaired) electrons. The summed E-state index contributed by atoms with van der Waals surface area (Å²) in [5.74, 6) is 0.256. The zero-order valence-corrected chi connectivity index (χ0v) is 17.3. The highest BCUT2D eigenvalue weighted by Crippen LogP contribution is 2.33. The number of hydrogen-bond acceptors (Lipinski definition) is 3. The van der Waals surface area contributed by atoms with Crippen molar-refractivity contribution in [3.8, 4) is 0 Å². The summed E-state index contributed by atoms with van der Waals surface area (Å²) in [6.07, 6.45) is 3.07. The van der Waals surface area contributed by atoms with Crippen LogP contribution in [0.25, 0.3) is 0 Å². The number of amides is 3. The van der Waals surface area contributed by atoms with Crippen molar-refractivity contribution in [2.24, 2.45) is 11.3 Å². The predicted molar refractivity (Wildman–Crippen MR) is 109 cm³/mol. The number of nitrogens with zero attached hydrogens (tertiary/aromatic N) is 1. The average Bonchev–Trinajstić information content (AvgIpc) is 2.69. The van der Waals surface area contributed by atoms with E-state index in [1.54, 1.807) is 0 Å². The summed E-state index contributed by atoms with van der Waals surface area (Å²) in [7, 11) is 0. The molecular formula is C22H33N3O3. The Kier molecular flexibility index (Phi) is 6.60. The monoisotopic (exact) mass is 387 g/mol. The molecule has 3 rings (SSSR count). The highest BCUT2D eigenvalue weighted by Gasteiger charge is 2.35. The highest BCUT2D eigenvalue weighted by atomic mass is 16.5. The lowest BCUT2D eigenvalue weighted by atomic mass is 9.78. The maximum atomic E-state index is 12.5. The Balaban J connectivity index is 1.42. The Morgan fingerprint density at radius 2 is 1.93 bits per heavy atom. The number of nitrogens with one attached hydrogen (secondary N) is 2. The Labute approximate surface area is 168 Å². The first-order valence-electron chi connectivity index (χ1n) is 10.3. The van der Waals surface area contributed by atoms with Gasteiger partial charge in [-0.1, -0.05) is 45.0 Å². The van der Waals surface area contributed by atoms with E-state index in [-0.39, 0.29) is 30.0 Å². The van der Waals surface area contributed by atoms with Crippen LogP contribution in [-0.4, -0.2) is 49.2 Å². The molecule has 2 aliphatic heterocycles. The fourth-order valence-electron chi connectivity index (χ4n) is 4.27. The molecule has 1 aromatic carbocycles. The summed E-state index contributed by atoms with van der Waals surface area (Å²) in [6, 6.07) is 7.92. The molecule has 1 saturated heterocycles. The van der Waals surface area contributed by atoms with Crippen LogP contribution in [0, 0.1) is 11.3 Å². The molecule has 3 amide bonds. The molecule has 0 aromatic heterocycles. The van der Waals surface area contributed by atoms with Crippen LogP contribution in [0.1, 0.15) is 44.7 Å². The SMILES string of the molecule is CC(C)(C)C1OCCCC1CNC(=O)NCC(=O)N1CCc2ccccc2C1. The summed E-state index contributed by atoms with van der Waals surface area (Å²) in [6.45, 7) is 9.22. The van der Waals surface area contributed by atoms with Crippen molar-refractivity contribution in [3.63, 3.8) is 0 Å². The number of rotatable bonds is 4. The predicted octanol–water partition coefficient (Wildman–Crippen LogP) is 2.71. The van der Waals surface area contributed by atoms with E-state index in [9.17, 15) is 9.59 Å². The van der Waals surface area contributed by atoms with Crippen LogP contribution in [0.2, 0.25) is 0 Å². The van der Waals surface area contributed by atoms with E-state index in [0.717, 1.165) is 25.9 Å². The lowest BCUT2D eigenvalue weighted by molar-refractivity contribution is -0.131. The molecule has 1 aromatic rings. The average molecular weight is 388 g/mol. The van der Waals surface area contributed by atoms with Crippen molar-refractivity contribution >= 4 is 11.9 Å². The van der Waals surface area contributed by atoms with Gasteiger partial charge in [0.2, 0.25) is 5.91 Å². The van der Waals surface area contributed by atoms with Crippen molar-refractivity contribution in [2.45, 2.75) is 52.7 Å². The summed E-state index contributed by atoms with van der Waals surface area (Å²) in [5.41, 5.74) is 2.54. The smallest absolute Gasteiger partial charge is 0.315 e. The van der Waals surface area contributed by atoms with Crippen LogP contribution in [-0.2, 0) is 22.5 Å². The Morgan fingerprint density at radius 3 is 2.68 bits per heavy atom. The van der Waals surface area contributed by atoms with Gasteiger partial charge >= 0.3 is 6.03 Å². The van der Waals surface area contributed by atoms with Gasteiger partial charge < -0.3 is 20.3 Å². The fourth-order valence-corrected chi connectivity index (χ4v) is 4.27. The first kappa shape index (κ1) is 20.6. The van der Waals surface area contributed by atoms with Gasteiger partial charge in [-0.3, -0.25) is 4.79 Å². The molecule has 0 aliphatic carbocycles. The second kappa shape index (κ2) is 8.95. The molecule has 2 aliphatic rings. The first-order valence-corrected chi connectivity index (χ1v) is 10.3. The molecule has 1 fully saturated rings. The molecule has 0 bridgehead atoms. The fraction of sp³-hybridized carbons (Fsp3) is 0.636. The molecule has 0 saturated carbocycles. The molecule has 6 nitrogen and oxygen atoms in total. The van der Waals surface area contributed by atoms with Crippen LogP contribution in [0.3, 0.4) is 0 Å². The van der Waals surface area contributed by atoms with Gasteiger partial charge in [0.1, 0.15) is 0 Å². The van der Waals surface area contributed by atoms with Gasteiger partial charge in [-0.2, -0.15) is 0 Å². The lowest BCUT2D eigenvalue weighted by Crippen LogP contribution is -2.49. The van der Waals surface area contributed by atoms with Crippen molar-refractivity contribution in [1.82, 2.24) is 15.5 Å². The summed E-state index contributed by atoms with van der Waals surface area (Å²) in [4.78, 5) is 26.5. The topological polar surface area (TPSA) is 70.7 Å². The second-order valence-electron chi connectivity index (χ2n) is 8.96. The second-order valence-corrected chi connectivity index (χ2v) is 8.96. The Bertz CT molecular complexity index is 699. The Morgan fingerprint density at radius 1 is 1.18 bits per heavy atom. The van der Waals surface area contributed by atoms with Crippen LogP contribution in [0.5, 0.6) is 0 Å². The molecule has 2 unspecified atom stereocenters. The van der Waals surface area contributed by atoms with Gasteiger partial charge in [-0.05, 0) is 35.8 Å². The third-order valence-electron chi connectivity index (χ3n) is 5.71. The van der Waals surface area contributed by atoms with Crippen molar-refractivity contribution in [3.05, 3.63) is 35.4 Å². The van der Waals surface area contributed by atoms with Gasteiger partial charge in [0.05, 0.1) is 12.6 Å². The summed E-state index contributed by atoms with van der Waals surface area (Å²) < 4.78 is 5.96. The minimum atomic E-state index is -0.288. The van der Waals surface area contributed by atoms with Crippen LogP contribution in [0.15, 0.2) is 24.3 Å². The van der Waals surface area contributed by atoms with E-state index < -0.39 is 0 Å². The van der Waals surface area contributed by atoms with E-state index in [4.69, 9.17) is 4.74 Å². The minimum absolute atomic E-state index is 0.0257. The molecule has 0 spiro atoms. The quantitative estimate of drug-likeness (QED) is 0.835. The zero-order chi connectivity index (χ0) is 20.1. The normalized spacial score (nSPS) is 22.3. The largest absolute Gasteiger partial charge is 0.377 e. The van der Waals surface area contributed by atoms with E-state index in [2.05, 4.69) is 43.5 Å². The molecule has 154 valence electrons. The van der Waals surface area contributed by atoms with E-state index in [0.29, 0.717) is 25.6 Å². The standard InChI is InChI=1S/C22H33N3O3/c1-22(2,3)20-17(9-6-12-28-20)13-23-21(27)24-14-19(26)25-11-10-16-7-4-5-8-18(16)15-25/h4-5,7-8,17,20H,6,9-15H2,1-3H3,(H2,23,24,27). The molecule has 2 atom stereocenters. The molecule has 28 heavy (non-hydrogen) atoms. The molecular weight excluding hydrogens is 354 g/mol. The van der Waals surface area contributed by atoms with Crippen molar-refractivity contribution in [2.75, 3.05) is 26.2 Å². The van der Waals surface area contributed by atoms with E-state index in [1.165, 1.54) is 11.1 Å². The lowest BCUT2D eigenvalue weighted by Gasteiger charge is -2.40. The van der Waals surface area contributed by atoms with Crippen molar-refractivity contribution in [1.29, 1.82) is 0 Å². The molecule has 6 heteroatoms. The van der Waals surface area contributed by atoms with E-state index in [1.807, 2.05) is 17.0 Å². The molecule has 2 heterocycles. The maximum absolute atomic E-state index is 12.5. The van der Waals surface area contributed by atoms with Crippen molar-refractivity contribution < 1.29 is 14.3 Å². The number of ether oxygens (including phenoxy) is 1. The summed E-state index contributed by atoms with van der Waals surface area (Å²) >= 11 is 0. The number of hydrogen-bond donors (Lipinski definition) is 2. The highest BCUT2D eigenvalue weighted by molar-refractivity contribution is 5.84. The van der Waals surface area contributed by atoms with Crippen LogP contribution in [0.4, 0.5) is 4.79 Å². The zero-order valence-electron chi connectivity index (χ0n) is 17.3. The van der Waals surface area contributed by atoms with E-state index >= 15 is 0 Å². The number of urea groups is 1. The number of benzene rings is 1. The van der Waals surface area contributed by atoms with Crippen LogP contribution >= 0.6 is 0 Å².